The summed E-state index contributed by atoms with van der Waals surface area (Å²) in [6.07, 6.45) is 0.350. The van der Waals surface area contributed by atoms with Gasteiger partial charge in [0, 0.05) is 18.1 Å². The smallest absolute Gasteiger partial charge is 0.227 e. The Morgan fingerprint density at radius 3 is 2.48 bits per heavy atom. The molecule has 5 heteroatoms. The Morgan fingerprint density at radius 1 is 1.24 bits per heavy atom. The molecule has 1 amide bonds. The first kappa shape index (κ1) is 14.8. The van der Waals surface area contributed by atoms with Crippen molar-refractivity contribution in [2.45, 2.75) is 26.1 Å². The third-order valence-corrected chi connectivity index (χ3v) is 4.53. The quantitative estimate of drug-likeness (QED) is 0.842. The van der Waals surface area contributed by atoms with Gasteiger partial charge in [0.05, 0.1) is 25.0 Å². The van der Waals surface area contributed by atoms with Crippen molar-refractivity contribution in [3.8, 4) is 0 Å². The van der Waals surface area contributed by atoms with E-state index in [1.807, 2.05) is 43.0 Å². The monoisotopic (exact) mass is 309 g/mol. The van der Waals surface area contributed by atoms with Crippen LogP contribution in [0.1, 0.15) is 19.4 Å². The lowest BCUT2D eigenvalue weighted by Gasteiger charge is -2.54. The lowest BCUT2D eigenvalue weighted by molar-refractivity contribution is -0.302. The Bertz CT molecular complexity index is 540. The van der Waals surface area contributed by atoms with Gasteiger partial charge < -0.3 is 14.4 Å². The van der Waals surface area contributed by atoms with E-state index < -0.39 is 5.79 Å². The van der Waals surface area contributed by atoms with Crippen LogP contribution in [-0.2, 0) is 20.7 Å². The largest absolute Gasteiger partial charge is 0.350 e. The second-order valence-corrected chi connectivity index (χ2v) is 6.90. The summed E-state index contributed by atoms with van der Waals surface area (Å²) >= 11 is 6.10. The minimum Gasteiger partial charge on any atom is -0.350 e. The van der Waals surface area contributed by atoms with Crippen LogP contribution in [0.15, 0.2) is 24.3 Å². The van der Waals surface area contributed by atoms with Crippen molar-refractivity contribution in [3.63, 3.8) is 0 Å². The van der Waals surface area contributed by atoms with E-state index in [0.29, 0.717) is 37.7 Å². The van der Waals surface area contributed by atoms with E-state index in [4.69, 9.17) is 21.1 Å². The fourth-order valence-corrected chi connectivity index (χ4v) is 2.98. The maximum absolute atomic E-state index is 12.3. The number of benzene rings is 1. The van der Waals surface area contributed by atoms with Crippen LogP contribution in [0, 0.1) is 5.41 Å². The van der Waals surface area contributed by atoms with E-state index in [0.717, 1.165) is 5.56 Å². The molecule has 0 bridgehead atoms. The molecule has 0 saturated carbocycles. The van der Waals surface area contributed by atoms with Crippen molar-refractivity contribution in [3.05, 3.63) is 34.9 Å². The third kappa shape index (κ3) is 3.07. The number of amides is 1. The molecular weight excluding hydrogens is 290 g/mol. The number of hydrogen-bond donors (Lipinski definition) is 0. The van der Waals surface area contributed by atoms with Gasteiger partial charge in [0.15, 0.2) is 5.79 Å². The molecule has 1 aromatic rings. The molecule has 2 aliphatic heterocycles. The van der Waals surface area contributed by atoms with E-state index >= 15 is 0 Å². The summed E-state index contributed by atoms with van der Waals surface area (Å²) in [5.74, 6) is -0.397. The van der Waals surface area contributed by atoms with Gasteiger partial charge in [0.2, 0.25) is 5.91 Å². The molecule has 4 nitrogen and oxygen atoms in total. The van der Waals surface area contributed by atoms with Crippen LogP contribution in [0.4, 0.5) is 0 Å². The standard InChI is InChI=1S/C16H20ClNO3/c1-15(2)20-10-16(11-21-15)8-18(9-16)14(19)7-12-5-3-4-6-13(12)17/h3-6H,7-11H2,1-2H3. The number of halogens is 1. The molecule has 2 fully saturated rings. The zero-order valence-electron chi connectivity index (χ0n) is 12.4. The van der Waals surface area contributed by atoms with Crippen LogP contribution in [0.5, 0.6) is 0 Å². The molecule has 1 spiro atoms. The molecule has 0 unspecified atom stereocenters. The number of likely N-dealkylation sites (tertiary alicyclic amines) is 1. The van der Waals surface area contributed by atoms with Gasteiger partial charge >= 0.3 is 0 Å². The van der Waals surface area contributed by atoms with Crippen LogP contribution < -0.4 is 0 Å². The Labute approximate surface area is 130 Å². The van der Waals surface area contributed by atoms with Crippen molar-refractivity contribution < 1.29 is 14.3 Å². The average molecular weight is 310 g/mol. The predicted molar refractivity (Wildman–Crippen MR) is 80.2 cm³/mol. The summed E-state index contributed by atoms with van der Waals surface area (Å²) in [6, 6.07) is 7.47. The van der Waals surface area contributed by atoms with Gasteiger partial charge in [0.1, 0.15) is 0 Å². The van der Waals surface area contributed by atoms with E-state index in [1.54, 1.807) is 0 Å². The lowest BCUT2D eigenvalue weighted by Crippen LogP contribution is -2.66. The van der Waals surface area contributed by atoms with Crippen molar-refractivity contribution in [1.29, 1.82) is 0 Å². The highest BCUT2D eigenvalue weighted by atomic mass is 35.5. The second kappa shape index (κ2) is 5.27. The maximum Gasteiger partial charge on any atom is 0.227 e. The first-order valence-corrected chi connectivity index (χ1v) is 7.56. The van der Waals surface area contributed by atoms with Gasteiger partial charge in [-0.1, -0.05) is 29.8 Å². The molecule has 0 N–H and O–H groups in total. The predicted octanol–water partition coefficient (Wildman–Crippen LogP) is 2.49. The topological polar surface area (TPSA) is 38.8 Å². The molecule has 2 aliphatic rings. The van der Waals surface area contributed by atoms with E-state index in [2.05, 4.69) is 0 Å². The van der Waals surface area contributed by atoms with Gasteiger partial charge in [-0.3, -0.25) is 4.79 Å². The molecule has 0 atom stereocenters. The molecule has 2 saturated heterocycles. The highest BCUT2D eigenvalue weighted by Gasteiger charge is 2.49. The van der Waals surface area contributed by atoms with Crippen molar-refractivity contribution in [2.24, 2.45) is 5.41 Å². The maximum atomic E-state index is 12.3. The van der Waals surface area contributed by atoms with E-state index in [-0.39, 0.29) is 11.3 Å². The molecule has 0 aliphatic carbocycles. The first-order chi connectivity index (χ1) is 9.89. The molecule has 1 aromatic carbocycles. The molecule has 3 rings (SSSR count). The van der Waals surface area contributed by atoms with Crippen LogP contribution >= 0.6 is 11.6 Å². The number of carbonyl (C=O) groups is 1. The first-order valence-electron chi connectivity index (χ1n) is 7.18. The van der Waals surface area contributed by atoms with E-state index in [1.165, 1.54) is 0 Å². The zero-order valence-corrected chi connectivity index (χ0v) is 13.2. The summed E-state index contributed by atoms with van der Waals surface area (Å²) in [5.41, 5.74) is 0.855. The van der Waals surface area contributed by atoms with Crippen molar-refractivity contribution >= 4 is 17.5 Å². The minimum atomic E-state index is -0.507. The molecule has 21 heavy (non-hydrogen) atoms. The molecule has 2 heterocycles. The number of rotatable bonds is 2. The summed E-state index contributed by atoms with van der Waals surface area (Å²) in [6.45, 7) is 6.53. The normalized spacial score (nSPS) is 22.9. The number of nitrogens with zero attached hydrogens (tertiary/aromatic N) is 1. The Kier molecular flexibility index (Phi) is 3.72. The van der Waals surface area contributed by atoms with Gasteiger partial charge in [0.25, 0.3) is 0 Å². The lowest BCUT2D eigenvalue weighted by atomic mass is 9.80. The van der Waals surface area contributed by atoms with E-state index in [9.17, 15) is 4.79 Å². The Hall–Kier alpha value is -1.10. The summed E-state index contributed by atoms with van der Waals surface area (Å²) in [5, 5.41) is 0.646. The SMILES string of the molecule is CC1(C)OCC2(CO1)CN(C(=O)Cc1ccccc1Cl)C2. The number of ether oxygens (including phenoxy) is 2. The summed E-state index contributed by atoms with van der Waals surface area (Å²) in [4.78, 5) is 14.1. The highest BCUT2D eigenvalue weighted by Crippen LogP contribution is 2.37. The van der Waals surface area contributed by atoms with Crippen molar-refractivity contribution in [2.75, 3.05) is 26.3 Å². The van der Waals surface area contributed by atoms with Crippen LogP contribution in [0.2, 0.25) is 5.02 Å². The minimum absolute atomic E-state index is 0.0222. The zero-order chi connectivity index (χ0) is 15.1. The van der Waals surface area contributed by atoms with Gasteiger partial charge in [-0.05, 0) is 25.5 Å². The summed E-state index contributed by atoms with van der Waals surface area (Å²) in [7, 11) is 0. The fraction of sp³-hybridized carbons (Fsp3) is 0.562. The van der Waals surface area contributed by atoms with Crippen LogP contribution in [0.3, 0.4) is 0 Å². The highest BCUT2D eigenvalue weighted by molar-refractivity contribution is 6.31. The van der Waals surface area contributed by atoms with Crippen molar-refractivity contribution in [1.82, 2.24) is 4.90 Å². The summed E-state index contributed by atoms with van der Waals surface area (Å²) < 4.78 is 11.4. The Balaban J connectivity index is 1.55. The Morgan fingerprint density at radius 2 is 1.86 bits per heavy atom. The van der Waals surface area contributed by atoms with Gasteiger partial charge in [-0.25, -0.2) is 0 Å². The number of carbonyl (C=O) groups excluding carboxylic acids is 1. The van der Waals surface area contributed by atoms with Gasteiger partial charge in [-0.15, -0.1) is 0 Å². The molecular formula is C16H20ClNO3. The second-order valence-electron chi connectivity index (χ2n) is 6.50. The fourth-order valence-electron chi connectivity index (χ4n) is 2.78. The van der Waals surface area contributed by atoms with Crippen LogP contribution in [-0.4, -0.2) is 42.9 Å². The molecule has 0 radical (unpaired) electrons. The third-order valence-electron chi connectivity index (χ3n) is 4.16. The molecule has 114 valence electrons. The average Bonchev–Trinajstić information content (AvgIpc) is 2.39. The van der Waals surface area contributed by atoms with Crippen LogP contribution in [0.25, 0.3) is 0 Å². The number of hydrogen-bond acceptors (Lipinski definition) is 3. The van der Waals surface area contributed by atoms with Gasteiger partial charge in [-0.2, -0.15) is 0 Å². The molecule has 0 aromatic heterocycles.